The number of hydrogen-bond acceptors (Lipinski definition) is 4. The van der Waals surface area contributed by atoms with Crippen LogP contribution >= 0.6 is 0 Å². The molecule has 1 fully saturated rings. The van der Waals surface area contributed by atoms with E-state index in [0.29, 0.717) is 52.0 Å². The third-order valence-electron chi connectivity index (χ3n) is 8.23. The maximum absolute atomic E-state index is 13.8. The van der Waals surface area contributed by atoms with Gasteiger partial charge < -0.3 is 25.3 Å². The zero-order chi connectivity index (χ0) is 28.0. The van der Waals surface area contributed by atoms with Crippen molar-refractivity contribution in [3.8, 4) is 0 Å². The highest BCUT2D eigenvalue weighted by molar-refractivity contribution is 5.93. The van der Waals surface area contributed by atoms with E-state index in [0.717, 1.165) is 33.3 Å². The smallest absolute Gasteiger partial charge is 0.322 e. The number of H-pyrrole nitrogens is 1. The van der Waals surface area contributed by atoms with E-state index in [-0.39, 0.29) is 29.4 Å². The van der Waals surface area contributed by atoms with Crippen LogP contribution in [0.3, 0.4) is 0 Å². The summed E-state index contributed by atoms with van der Waals surface area (Å²) >= 11 is 0. The molecule has 40 heavy (non-hydrogen) atoms. The molecule has 0 saturated carbocycles. The summed E-state index contributed by atoms with van der Waals surface area (Å²) in [5.74, 6) is -0.0605. The van der Waals surface area contributed by atoms with Crippen LogP contribution in [0.5, 0.6) is 0 Å². The lowest BCUT2D eigenvalue weighted by atomic mass is 9.95. The van der Waals surface area contributed by atoms with Gasteiger partial charge in [0, 0.05) is 56.3 Å². The van der Waals surface area contributed by atoms with E-state index in [1.165, 1.54) is 0 Å². The average Bonchev–Trinajstić information content (AvgIpc) is 3.37. The standard InChI is InChI=1S/C30H37N7O3/c1-30(2,3)18-36-17-23-19(8-9-25-22(23)15-31-34-25)14-26(27(36)38)33-28(39)35-12-10-21(11-13-35)37-16-20-6-4-5-7-24(20)32-29(37)40/h4-9,15,21,26H,10-14,16-18H2,1-3H3,(H,31,34)(H,32,40)(H,33,39). The van der Waals surface area contributed by atoms with E-state index in [4.69, 9.17) is 0 Å². The number of carbonyl (C=O) groups is 3. The maximum atomic E-state index is 13.8. The van der Waals surface area contributed by atoms with E-state index in [9.17, 15) is 14.4 Å². The summed E-state index contributed by atoms with van der Waals surface area (Å²) in [6, 6.07) is 11.0. The zero-order valence-electron chi connectivity index (χ0n) is 23.4. The Morgan fingerprint density at radius 3 is 2.60 bits per heavy atom. The van der Waals surface area contributed by atoms with Gasteiger partial charge in [0.1, 0.15) is 6.04 Å². The molecule has 10 nitrogen and oxygen atoms in total. The van der Waals surface area contributed by atoms with Crippen LogP contribution < -0.4 is 10.6 Å². The second kappa shape index (κ2) is 10.1. The molecule has 0 spiro atoms. The Labute approximate surface area is 234 Å². The molecule has 3 N–H and O–H groups in total. The monoisotopic (exact) mass is 543 g/mol. The number of carbonyl (C=O) groups excluding carboxylic acids is 3. The topological polar surface area (TPSA) is 114 Å². The van der Waals surface area contributed by atoms with Crippen molar-refractivity contribution in [3.05, 3.63) is 59.3 Å². The Hall–Kier alpha value is -4.08. The summed E-state index contributed by atoms with van der Waals surface area (Å²) in [6.45, 7) is 9.04. The van der Waals surface area contributed by atoms with Crippen LogP contribution in [0, 0.1) is 5.41 Å². The molecule has 1 unspecified atom stereocenters. The largest absolute Gasteiger partial charge is 0.336 e. The van der Waals surface area contributed by atoms with Crippen LogP contribution in [0.25, 0.3) is 10.9 Å². The quantitative estimate of drug-likeness (QED) is 0.462. The van der Waals surface area contributed by atoms with Crippen molar-refractivity contribution in [2.24, 2.45) is 5.41 Å². The van der Waals surface area contributed by atoms with Crippen molar-refractivity contribution in [2.45, 2.75) is 65.2 Å². The number of hydrogen-bond donors (Lipinski definition) is 3. The number of nitrogens with zero attached hydrogens (tertiary/aromatic N) is 4. The summed E-state index contributed by atoms with van der Waals surface area (Å²) in [7, 11) is 0. The number of piperidine rings is 1. The van der Waals surface area contributed by atoms with Gasteiger partial charge in [-0.05, 0) is 47.1 Å². The molecule has 0 aliphatic carbocycles. The van der Waals surface area contributed by atoms with Gasteiger partial charge in [-0.2, -0.15) is 5.10 Å². The van der Waals surface area contributed by atoms with Crippen molar-refractivity contribution >= 4 is 34.6 Å². The first-order valence-electron chi connectivity index (χ1n) is 14.1. The highest BCUT2D eigenvalue weighted by Crippen LogP contribution is 2.30. The summed E-state index contributed by atoms with van der Waals surface area (Å²) in [5, 5.41) is 14.3. The zero-order valence-corrected chi connectivity index (χ0v) is 23.4. The Morgan fingerprint density at radius 2 is 1.82 bits per heavy atom. The number of nitrogens with one attached hydrogen (secondary N) is 3. The maximum Gasteiger partial charge on any atom is 0.322 e. The molecule has 1 saturated heterocycles. The van der Waals surface area contributed by atoms with Gasteiger partial charge in [0.05, 0.1) is 11.7 Å². The number of urea groups is 2. The second-order valence-electron chi connectivity index (χ2n) is 12.4. The Balaban J connectivity index is 1.14. The molecule has 0 radical (unpaired) electrons. The summed E-state index contributed by atoms with van der Waals surface area (Å²) < 4.78 is 0. The fourth-order valence-corrected chi connectivity index (χ4v) is 6.25. The molecular weight excluding hydrogens is 506 g/mol. The van der Waals surface area contributed by atoms with E-state index in [2.05, 4.69) is 41.6 Å². The van der Waals surface area contributed by atoms with Crippen LogP contribution in [0.15, 0.2) is 42.6 Å². The summed E-state index contributed by atoms with van der Waals surface area (Å²) in [6.07, 6.45) is 3.64. The molecule has 5 amide bonds. The van der Waals surface area contributed by atoms with Gasteiger partial charge in [0.15, 0.2) is 0 Å². The fraction of sp³-hybridized carbons (Fsp3) is 0.467. The van der Waals surface area contributed by atoms with Gasteiger partial charge in [-0.1, -0.05) is 45.0 Å². The van der Waals surface area contributed by atoms with Gasteiger partial charge in [-0.15, -0.1) is 0 Å². The van der Waals surface area contributed by atoms with Gasteiger partial charge in [0.25, 0.3) is 0 Å². The molecule has 3 aliphatic heterocycles. The number of fused-ring (bicyclic) bond motifs is 4. The number of amides is 5. The van der Waals surface area contributed by atoms with E-state index >= 15 is 0 Å². The summed E-state index contributed by atoms with van der Waals surface area (Å²) in [4.78, 5) is 45.5. The van der Waals surface area contributed by atoms with Crippen molar-refractivity contribution in [1.82, 2.24) is 30.2 Å². The SMILES string of the molecule is CC(C)(C)CN1Cc2c(ccc3[nH]ncc23)CC(NC(=O)N2CCC(N3Cc4ccccc4NC3=O)CC2)C1=O. The number of aromatic nitrogens is 2. The molecular formula is C30H37N7O3. The number of aromatic amines is 1. The number of anilines is 1. The predicted octanol–water partition coefficient (Wildman–Crippen LogP) is 4.08. The predicted molar refractivity (Wildman–Crippen MR) is 153 cm³/mol. The highest BCUT2D eigenvalue weighted by atomic mass is 16.2. The molecule has 10 heteroatoms. The van der Waals surface area contributed by atoms with Crippen molar-refractivity contribution < 1.29 is 14.4 Å². The molecule has 2 aromatic carbocycles. The van der Waals surface area contributed by atoms with E-state index in [1.54, 1.807) is 4.90 Å². The van der Waals surface area contributed by atoms with Gasteiger partial charge in [-0.25, -0.2) is 9.59 Å². The fourth-order valence-electron chi connectivity index (χ4n) is 6.25. The molecule has 3 aromatic rings. The minimum Gasteiger partial charge on any atom is -0.336 e. The molecule has 1 atom stereocenters. The lowest BCUT2D eigenvalue weighted by Crippen LogP contribution is -2.56. The molecule has 1 aromatic heterocycles. The molecule has 210 valence electrons. The number of likely N-dealkylation sites (tertiary alicyclic amines) is 1. The second-order valence-corrected chi connectivity index (χ2v) is 12.4. The molecule has 4 heterocycles. The first-order chi connectivity index (χ1) is 19.2. The van der Waals surface area contributed by atoms with Crippen LogP contribution in [0.2, 0.25) is 0 Å². The van der Waals surface area contributed by atoms with Crippen molar-refractivity contribution in [2.75, 3.05) is 25.0 Å². The molecule has 0 bridgehead atoms. The third-order valence-corrected chi connectivity index (χ3v) is 8.23. The van der Waals surface area contributed by atoms with Crippen LogP contribution in [0.4, 0.5) is 15.3 Å². The third kappa shape index (κ3) is 5.10. The number of rotatable bonds is 3. The van der Waals surface area contributed by atoms with Crippen LogP contribution in [0.1, 0.15) is 50.3 Å². The van der Waals surface area contributed by atoms with Gasteiger partial charge in [-0.3, -0.25) is 9.89 Å². The lowest BCUT2D eigenvalue weighted by Gasteiger charge is -2.40. The first-order valence-corrected chi connectivity index (χ1v) is 14.1. The van der Waals surface area contributed by atoms with Crippen molar-refractivity contribution in [1.29, 1.82) is 0 Å². The minimum absolute atomic E-state index is 0.0587. The minimum atomic E-state index is -0.650. The number of para-hydroxylation sites is 1. The molecule has 3 aliphatic rings. The van der Waals surface area contributed by atoms with E-state index in [1.807, 2.05) is 52.4 Å². The lowest BCUT2D eigenvalue weighted by molar-refractivity contribution is -0.134. The normalized spacial score (nSPS) is 20.2. The van der Waals surface area contributed by atoms with Gasteiger partial charge in [0.2, 0.25) is 5.91 Å². The average molecular weight is 544 g/mol. The van der Waals surface area contributed by atoms with Gasteiger partial charge >= 0.3 is 12.1 Å². The van der Waals surface area contributed by atoms with Crippen LogP contribution in [-0.4, -0.2) is 74.6 Å². The summed E-state index contributed by atoms with van der Waals surface area (Å²) in [5.41, 5.74) is 4.95. The van der Waals surface area contributed by atoms with Crippen LogP contribution in [-0.2, 0) is 24.3 Å². The Bertz CT molecular complexity index is 1450. The Morgan fingerprint density at radius 1 is 1.05 bits per heavy atom. The molecule has 6 rings (SSSR count). The van der Waals surface area contributed by atoms with Crippen molar-refractivity contribution in [3.63, 3.8) is 0 Å². The highest BCUT2D eigenvalue weighted by Gasteiger charge is 2.36. The first kappa shape index (κ1) is 26.2. The number of benzene rings is 2. The van der Waals surface area contributed by atoms with E-state index < -0.39 is 6.04 Å². The Kier molecular flexibility index (Phi) is 6.64.